The molecule has 0 saturated heterocycles. The van der Waals surface area contributed by atoms with E-state index in [1.165, 1.54) is 5.56 Å². The lowest BCUT2D eigenvalue weighted by Crippen LogP contribution is -2.24. The average Bonchev–Trinajstić information content (AvgIpc) is 2.77. The Morgan fingerprint density at radius 3 is 2.23 bits per heavy atom. The lowest BCUT2D eigenvalue weighted by atomic mass is 10.0. The molecule has 1 aromatic carbocycles. The SMILES string of the molecule is Cc1n[nH]c(C)c1S(=O)(=O)NCc1ccc(CC(C)C)cc1. The lowest BCUT2D eigenvalue weighted by Gasteiger charge is -2.09. The molecule has 120 valence electrons. The summed E-state index contributed by atoms with van der Waals surface area (Å²) in [4.78, 5) is 0.240. The minimum Gasteiger partial charge on any atom is -0.281 e. The molecule has 0 atom stereocenters. The summed E-state index contributed by atoms with van der Waals surface area (Å²) >= 11 is 0. The molecule has 5 nitrogen and oxygen atoms in total. The Labute approximate surface area is 132 Å². The van der Waals surface area contributed by atoms with E-state index in [0.717, 1.165) is 12.0 Å². The molecule has 0 aliphatic heterocycles. The van der Waals surface area contributed by atoms with E-state index in [4.69, 9.17) is 0 Å². The van der Waals surface area contributed by atoms with Gasteiger partial charge in [0.1, 0.15) is 4.90 Å². The summed E-state index contributed by atoms with van der Waals surface area (Å²) in [5, 5.41) is 6.63. The Morgan fingerprint density at radius 1 is 1.14 bits per heavy atom. The highest BCUT2D eigenvalue weighted by molar-refractivity contribution is 7.89. The molecule has 2 rings (SSSR count). The maximum absolute atomic E-state index is 12.3. The number of nitrogens with zero attached hydrogens (tertiary/aromatic N) is 1. The Morgan fingerprint density at radius 2 is 1.73 bits per heavy atom. The number of benzene rings is 1. The zero-order valence-electron chi connectivity index (χ0n) is 13.5. The third-order valence-corrected chi connectivity index (χ3v) is 5.13. The van der Waals surface area contributed by atoms with Gasteiger partial charge >= 0.3 is 0 Å². The fraction of sp³-hybridized carbons (Fsp3) is 0.438. The number of aromatic nitrogens is 2. The van der Waals surface area contributed by atoms with Gasteiger partial charge in [0.15, 0.2) is 0 Å². The van der Waals surface area contributed by atoms with Crippen molar-refractivity contribution in [1.29, 1.82) is 0 Å². The molecule has 0 radical (unpaired) electrons. The van der Waals surface area contributed by atoms with Crippen LogP contribution >= 0.6 is 0 Å². The molecule has 2 aromatic rings. The van der Waals surface area contributed by atoms with Crippen LogP contribution in [0, 0.1) is 19.8 Å². The normalized spacial score (nSPS) is 12.0. The van der Waals surface area contributed by atoms with Crippen LogP contribution in [0.4, 0.5) is 0 Å². The molecule has 1 heterocycles. The number of nitrogens with one attached hydrogen (secondary N) is 2. The maximum Gasteiger partial charge on any atom is 0.244 e. The predicted octanol–water partition coefficient (Wildman–Crippen LogP) is 2.70. The topological polar surface area (TPSA) is 74.8 Å². The minimum absolute atomic E-state index is 0.240. The molecule has 0 fully saturated rings. The van der Waals surface area contributed by atoms with E-state index < -0.39 is 10.0 Å². The van der Waals surface area contributed by atoms with E-state index >= 15 is 0 Å². The molecule has 1 aromatic heterocycles. The van der Waals surface area contributed by atoms with Gasteiger partial charge in [-0.3, -0.25) is 5.10 Å². The van der Waals surface area contributed by atoms with Crippen LogP contribution in [-0.2, 0) is 23.0 Å². The largest absolute Gasteiger partial charge is 0.281 e. The molecule has 0 spiro atoms. The van der Waals surface area contributed by atoms with Gasteiger partial charge in [-0.2, -0.15) is 5.10 Å². The molecule has 22 heavy (non-hydrogen) atoms. The fourth-order valence-corrected chi connectivity index (χ4v) is 3.84. The summed E-state index contributed by atoms with van der Waals surface area (Å²) in [6.45, 7) is 8.01. The van der Waals surface area contributed by atoms with Crippen LogP contribution in [0.1, 0.15) is 36.4 Å². The number of aromatic amines is 1. The molecule has 0 amide bonds. The highest BCUT2D eigenvalue weighted by Crippen LogP contribution is 2.17. The van der Waals surface area contributed by atoms with E-state index in [-0.39, 0.29) is 11.4 Å². The van der Waals surface area contributed by atoms with Crippen molar-refractivity contribution in [3.8, 4) is 0 Å². The first-order valence-corrected chi connectivity index (χ1v) is 8.87. The van der Waals surface area contributed by atoms with Gasteiger partial charge in [-0.1, -0.05) is 38.1 Å². The van der Waals surface area contributed by atoms with Crippen LogP contribution in [0.2, 0.25) is 0 Å². The van der Waals surface area contributed by atoms with E-state index in [2.05, 4.69) is 40.9 Å². The van der Waals surface area contributed by atoms with Crippen molar-refractivity contribution in [3.05, 3.63) is 46.8 Å². The van der Waals surface area contributed by atoms with Gasteiger partial charge in [-0.15, -0.1) is 0 Å². The molecule has 2 N–H and O–H groups in total. The molecule has 0 aliphatic rings. The molecular formula is C16H23N3O2S. The first kappa shape index (κ1) is 16.7. The quantitative estimate of drug-likeness (QED) is 0.859. The molecule has 0 bridgehead atoms. The zero-order valence-corrected chi connectivity index (χ0v) is 14.3. The van der Waals surface area contributed by atoms with Crippen molar-refractivity contribution in [3.63, 3.8) is 0 Å². The highest BCUT2D eigenvalue weighted by atomic mass is 32.2. The Kier molecular flexibility index (Phi) is 5.03. The van der Waals surface area contributed by atoms with Crippen LogP contribution in [0.5, 0.6) is 0 Å². The van der Waals surface area contributed by atoms with E-state index in [9.17, 15) is 8.42 Å². The number of rotatable bonds is 6. The average molecular weight is 321 g/mol. The van der Waals surface area contributed by atoms with Crippen LogP contribution < -0.4 is 4.72 Å². The summed E-state index contributed by atoms with van der Waals surface area (Å²) in [5.41, 5.74) is 3.24. The second kappa shape index (κ2) is 6.62. The van der Waals surface area contributed by atoms with Crippen molar-refractivity contribution < 1.29 is 8.42 Å². The highest BCUT2D eigenvalue weighted by Gasteiger charge is 2.21. The molecule has 0 saturated carbocycles. The Balaban J connectivity index is 2.06. The van der Waals surface area contributed by atoms with Gasteiger partial charge in [0.05, 0.1) is 11.4 Å². The van der Waals surface area contributed by atoms with Gasteiger partial charge in [0, 0.05) is 6.54 Å². The van der Waals surface area contributed by atoms with Crippen molar-refractivity contribution in [2.24, 2.45) is 5.92 Å². The van der Waals surface area contributed by atoms with Gasteiger partial charge in [0.25, 0.3) is 0 Å². The lowest BCUT2D eigenvalue weighted by molar-refractivity contribution is 0.580. The van der Waals surface area contributed by atoms with Gasteiger partial charge in [-0.25, -0.2) is 13.1 Å². The first-order valence-electron chi connectivity index (χ1n) is 7.38. The third kappa shape index (κ3) is 3.96. The second-order valence-electron chi connectivity index (χ2n) is 6.00. The smallest absolute Gasteiger partial charge is 0.244 e. The number of sulfonamides is 1. The van der Waals surface area contributed by atoms with E-state index in [1.807, 2.05) is 12.1 Å². The summed E-state index contributed by atoms with van der Waals surface area (Å²) in [5.74, 6) is 0.608. The van der Waals surface area contributed by atoms with Crippen LogP contribution in [0.15, 0.2) is 29.2 Å². The number of aryl methyl sites for hydroxylation is 2. The summed E-state index contributed by atoms with van der Waals surface area (Å²) in [6, 6.07) is 8.04. The van der Waals surface area contributed by atoms with Crippen LogP contribution in [-0.4, -0.2) is 18.6 Å². The number of H-pyrrole nitrogens is 1. The summed E-state index contributed by atoms with van der Waals surface area (Å²) in [6.07, 6.45) is 1.03. The van der Waals surface area contributed by atoms with Crippen molar-refractivity contribution >= 4 is 10.0 Å². The molecule has 0 aliphatic carbocycles. The van der Waals surface area contributed by atoms with Gasteiger partial charge in [0.2, 0.25) is 10.0 Å². The second-order valence-corrected chi connectivity index (χ2v) is 7.71. The molecular weight excluding hydrogens is 298 g/mol. The van der Waals surface area contributed by atoms with Crippen molar-refractivity contribution in [2.45, 2.75) is 45.6 Å². The van der Waals surface area contributed by atoms with Crippen molar-refractivity contribution in [1.82, 2.24) is 14.9 Å². The first-order chi connectivity index (χ1) is 10.3. The number of hydrogen-bond donors (Lipinski definition) is 2. The molecule has 0 unspecified atom stereocenters. The van der Waals surface area contributed by atoms with E-state index in [1.54, 1.807) is 13.8 Å². The van der Waals surface area contributed by atoms with Crippen molar-refractivity contribution in [2.75, 3.05) is 0 Å². The minimum atomic E-state index is -3.55. The van der Waals surface area contributed by atoms with Gasteiger partial charge in [-0.05, 0) is 37.3 Å². The van der Waals surface area contributed by atoms with E-state index in [0.29, 0.717) is 17.3 Å². The predicted molar refractivity (Wildman–Crippen MR) is 87.1 cm³/mol. The van der Waals surface area contributed by atoms with Crippen LogP contribution in [0.3, 0.4) is 0 Å². The summed E-state index contributed by atoms with van der Waals surface area (Å²) < 4.78 is 27.3. The number of hydrogen-bond acceptors (Lipinski definition) is 3. The Hall–Kier alpha value is -1.66. The van der Waals surface area contributed by atoms with Gasteiger partial charge < -0.3 is 0 Å². The molecule has 6 heteroatoms. The Bertz CT molecular complexity index is 712. The fourth-order valence-electron chi connectivity index (χ4n) is 2.45. The van der Waals surface area contributed by atoms with Crippen LogP contribution in [0.25, 0.3) is 0 Å². The zero-order chi connectivity index (χ0) is 16.3. The summed E-state index contributed by atoms with van der Waals surface area (Å²) in [7, 11) is -3.55. The third-order valence-electron chi connectivity index (χ3n) is 3.46. The maximum atomic E-state index is 12.3. The standard InChI is InChI=1S/C16H23N3O2S/c1-11(2)9-14-5-7-15(8-6-14)10-17-22(20,21)16-12(3)18-19-13(16)4/h5-8,11,17H,9-10H2,1-4H3,(H,18,19). The monoisotopic (exact) mass is 321 g/mol.